The second kappa shape index (κ2) is 10.8. The van der Waals surface area contributed by atoms with Gasteiger partial charge in [0, 0.05) is 18.8 Å². The largest absolute Gasteiger partial charge is 0.341 e. The minimum absolute atomic E-state index is 0.0531. The molecular formula is C25H31ClFN7. The summed E-state index contributed by atoms with van der Waals surface area (Å²) in [6.45, 7) is 4.31. The van der Waals surface area contributed by atoms with Gasteiger partial charge in [-0.1, -0.05) is 30.9 Å². The van der Waals surface area contributed by atoms with E-state index < -0.39 is 5.82 Å². The number of hydrogen-bond donors (Lipinski definition) is 2. The Morgan fingerprint density at radius 3 is 2.56 bits per heavy atom. The molecule has 2 N–H and O–H groups in total. The molecule has 0 bridgehead atoms. The summed E-state index contributed by atoms with van der Waals surface area (Å²) < 4.78 is 13.5. The fourth-order valence-corrected chi connectivity index (χ4v) is 5.27. The van der Waals surface area contributed by atoms with Crippen LogP contribution < -0.4 is 15.5 Å². The maximum absolute atomic E-state index is 13.5. The van der Waals surface area contributed by atoms with Gasteiger partial charge in [-0.3, -0.25) is 0 Å². The first-order valence-corrected chi connectivity index (χ1v) is 12.7. The zero-order valence-electron chi connectivity index (χ0n) is 19.3. The van der Waals surface area contributed by atoms with Crippen LogP contribution in [0.3, 0.4) is 0 Å². The molecule has 2 saturated heterocycles. The normalized spacial score (nSPS) is 17.9. The van der Waals surface area contributed by atoms with Crippen LogP contribution in [-0.4, -0.2) is 46.1 Å². The molecule has 7 nitrogen and oxygen atoms in total. The maximum Gasteiger partial charge on any atom is 0.226 e. The first-order chi connectivity index (χ1) is 16.7. The molecule has 3 aromatic rings. The van der Waals surface area contributed by atoms with E-state index in [1.165, 1.54) is 76.5 Å². The zero-order chi connectivity index (χ0) is 23.3. The highest BCUT2D eigenvalue weighted by Crippen LogP contribution is 2.29. The van der Waals surface area contributed by atoms with Gasteiger partial charge in [0.2, 0.25) is 5.95 Å². The molecule has 0 aliphatic carbocycles. The van der Waals surface area contributed by atoms with E-state index in [0.717, 1.165) is 24.9 Å². The molecule has 2 aliphatic rings. The molecule has 34 heavy (non-hydrogen) atoms. The summed E-state index contributed by atoms with van der Waals surface area (Å²) in [5, 5.41) is 6.70. The van der Waals surface area contributed by atoms with Gasteiger partial charge in [0.15, 0.2) is 5.82 Å². The Hall–Kier alpha value is -2.58. The van der Waals surface area contributed by atoms with Gasteiger partial charge in [-0.25, -0.2) is 24.3 Å². The molecule has 2 fully saturated rings. The second-order valence-corrected chi connectivity index (χ2v) is 9.84. The fourth-order valence-electron chi connectivity index (χ4n) is 5.09. The zero-order valence-corrected chi connectivity index (χ0v) is 20.1. The lowest BCUT2D eigenvalue weighted by Crippen LogP contribution is -2.35. The van der Waals surface area contributed by atoms with Gasteiger partial charge >= 0.3 is 0 Å². The molecule has 5 rings (SSSR count). The van der Waals surface area contributed by atoms with Gasteiger partial charge in [-0.15, -0.1) is 0 Å². The molecule has 9 heteroatoms. The van der Waals surface area contributed by atoms with Gasteiger partial charge < -0.3 is 15.5 Å². The van der Waals surface area contributed by atoms with Crippen LogP contribution in [0.4, 0.5) is 21.8 Å². The Labute approximate surface area is 204 Å². The third-order valence-corrected chi connectivity index (χ3v) is 7.42. The van der Waals surface area contributed by atoms with Crippen molar-refractivity contribution < 1.29 is 4.39 Å². The monoisotopic (exact) mass is 483 g/mol. The van der Waals surface area contributed by atoms with Gasteiger partial charge in [-0.05, 0) is 68.8 Å². The Morgan fingerprint density at radius 2 is 1.79 bits per heavy atom. The van der Waals surface area contributed by atoms with E-state index in [1.807, 2.05) is 0 Å². The Morgan fingerprint density at radius 1 is 1.03 bits per heavy atom. The predicted octanol–water partition coefficient (Wildman–Crippen LogP) is 5.34. The first kappa shape index (κ1) is 23.2. The van der Waals surface area contributed by atoms with Crippen molar-refractivity contribution in [1.82, 2.24) is 25.3 Å². The van der Waals surface area contributed by atoms with Crippen molar-refractivity contribution in [3.63, 3.8) is 0 Å². The number of halogens is 2. The van der Waals surface area contributed by atoms with Crippen molar-refractivity contribution in [2.75, 3.05) is 36.4 Å². The smallest absolute Gasteiger partial charge is 0.226 e. The van der Waals surface area contributed by atoms with Crippen molar-refractivity contribution in [3.8, 4) is 0 Å². The average molecular weight is 484 g/mol. The topological polar surface area (TPSA) is 78.9 Å². The van der Waals surface area contributed by atoms with E-state index >= 15 is 0 Å². The van der Waals surface area contributed by atoms with Gasteiger partial charge in [-0.2, -0.15) is 0 Å². The van der Waals surface area contributed by atoms with Crippen molar-refractivity contribution >= 4 is 40.1 Å². The van der Waals surface area contributed by atoms with E-state index in [0.29, 0.717) is 28.5 Å². The molecule has 0 atom stereocenters. The van der Waals surface area contributed by atoms with Crippen LogP contribution in [0.15, 0.2) is 30.7 Å². The summed E-state index contributed by atoms with van der Waals surface area (Å²) in [5.41, 5.74) is 1.93. The molecule has 2 aromatic heterocycles. The number of rotatable bonds is 7. The van der Waals surface area contributed by atoms with Crippen LogP contribution in [0.5, 0.6) is 0 Å². The van der Waals surface area contributed by atoms with E-state index in [-0.39, 0.29) is 5.02 Å². The summed E-state index contributed by atoms with van der Waals surface area (Å²) in [4.78, 5) is 20.3. The second-order valence-electron chi connectivity index (χ2n) is 9.43. The summed E-state index contributed by atoms with van der Waals surface area (Å²) in [6.07, 6.45) is 12.3. The number of hydrogen-bond acceptors (Lipinski definition) is 7. The lowest BCUT2D eigenvalue weighted by molar-refractivity contribution is 0.313. The molecular weight excluding hydrogens is 453 g/mol. The van der Waals surface area contributed by atoms with Crippen molar-refractivity contribution in [2.45, 2.75) is 44.9 Å². The number of benzene rings is 1. The summed E-state index contributed by atoms with van der Waals surface area (Å²) >= 11 is 5.93. The van der Waals surface area contributed by atoms with Crippen molar-refractivity contribution in [3.05, 3.63) is 41.6 Å². The third kappa shape index (κ3) is 5.55. The van der Waals surface area contributed by atoms with Crippen LogP contribution >= 0.6 is 11.6 Å². The molecule has 0 amide bonds. The molecule has 2 aliphatic heterocycles. The lowest BCUT2D eigenvalue weighted by atomic mass is 9.87. The maximum atomic E-state index is 13.5. The predicted molar refractivity (Wildman–Crippen MR) is 134 cm³/mol. The number of nitrogens with one attached hydrogen (secondary N) is 2. The minimum atomic E-state index is -0.459. The van der Waals surface area contributed by atoms with Crippen LogP contribution in [0, 0.1) is 17.7 Å². The quantitative estimate of drug-likeness (QED) is 0.469. The van der Waals surface area contributed by atoms with Crippen LogP contribution in [0.1, 0.15) is 44.9 Å². The first-order valence-electron chi connectivity index (χ1n) is 12.3. The Balaban J connectivity index is 1.21. The number of anilines is 3. The Kier molecular flexibility index (Phi) is 7.35. The van der Waals surface area contributed by atoms with Crippen molar-refractivity contribution in [1.29, 1.82) is 0 Å². The lowest BCUT2D eigenvalue weighted by Gasteiger charge is -2.32. The molecule has 0 spiro atoms. The summed E-state index contributed by atoms with van der Waals surface area (Å²) in [6, 6.07) is 4.47. The summed E-state index contributed by atoms with van der Waals surface area (Å²) in [5.74, 6) is 2.50. The molecule has 1 aromatic carbocycles. The molecule has 180 valence electrons. The van der Waals surface area contributed by atoms with Crippen LogP contribution in [0.2, 0.25) is 5.02 Å². The van der Waals surface area contributed by atoms with Crippen LogP contribution in [0.25, 0.3) is 11.0 Å². The highest BCUT2D eigenvalue weighted by Gasteiger charge is 2.22. The molecule has 4 heterocycles. The molecule has 0 saturated carbocycles. The highest BCUT2D eigenvalue weighted by molar-refractivity contribution is 6.31. The van der Waals surface area contributed by atoms with E-state index in [2.05, 4.69) is 30.5 Å². The highest BCUT2D eigenvalue weighted by atomic mass is 35.5. The fraction of sp³-hybridized carbons (Fsp3) is 0.520. The van der Waals surface area contributed by atoms with Gasteiger partial charge in [0.1, 0.15) is 23.2 Å². The van der Waals surface area contributed by atoms with E-state index in [9.17, 15) is 4.39 Å². The number of piperidine rings is 2. The summed E-state index contributed by atoms with van der Waals surface area (Å²) in [7, 11) is 0. The van der Waals surface area contributed by atoms with E-state index in [4.69, 9.17) is 16.6 Å². The Bertz CT molecular complexity index is 1110. The van der Waals surface area contributed by atoms with Gasteiger partial charge in [0.25, 0.3) is 0 Å². The number of nitrogens with zero attached hydrogens (tertiary/aromatic N) is 5. The SMILES string of the molecule is Fc1ccc(Nc2ncnc3cnc(N4CCC(CCCC5CCNCC5)CC4)nc23)cc1Cl. The number of fused-ring (bicyclic) bond motifs is 1. The number of aromatic nitrogens is 4. The van der Waals surface area contributed by atoms with Gasteiger partial charge in [0.05, 0.1) is 11.2 Å². The van der Waals surface area contributed by atoms with Crippen molar-refractivity contribution in [2.24, 2.45) is 11.8 Å². The minimum Gasteiger partial charge on any atom is -0.341 e. The standard InChI is InChI=1S/C25H31ClFN7/c26-20-14-19(4-5-21(20)27)32-24-23-22(30-16-31-24)15-29-25(33-23)34-12-8-18(9-13-34)3-1-2-17-6-10-28-11-7-17/h4-5,14-18,28H,1-3,6-13H2,(H,30,31,32). The van der Waals surface area contributed by atoms with Crippen LogP contribution in [-0.2, 0) is 0 Å². The molecule has 0 radical (unpaired) electrons. The average Bonchev–Trinajstić information content (AvgIpc) is 2.87. The molecule has 0 unspecified atom stereocenters. The third-order valence-electron chi connectivity index (χ3n) is 7.13. The van der Waals surface area contributed by atoms with E-state index in [1.54, 1.807) is 12.3 Å².